The minimum atomic E-state index is -4.74. The number of fused-ring (bicyclic) bond motifs is 1. The van der Waals surface area contributed by atoms with E-state index in [0.29, 0.717) is 41.6 Å². The number of alkyl halides is 3. The summed E-state index contributed by atoms with van der Waals surface area (Å²) in [6, 6.07) is 8.71. The van der Waals surface area contributed by atoms with Gasteiger partial charge in [0.2, 0.25) is 11.7 Å². The second-order valence-corrected chi connectivity index (χ2v) is 5.99. The number of benzene rings is 2. The van der Waals surface area contributed by atoms with Gasteiger partial charge in [-0.15, -0.1) is 13.2 Å². The van der Waals surface area contributed by atoms with E-state index in [9.17, 15) is 18.0 Å². The minimum absolute atomic E-state index is 0.153. The Morgan fingerprint density at radius 2 is 1.90 bits per heavy atom. The zero-order valence-corrected chi connectivity index (χ0v) is 15.4. The summed E-state index contributed by atoms with van der Waals surface area (Å²) in [5.74, 6) is 0.882. The molecule has 1 heterocycles. The van der Waals surface area contributed by atoms with Gasteiger partial charge in [0.1, 0.15) is 19.0 Å². The van der Waals surface area contributed by atoms with E-state index >= 15 is 0 Å². The van der Waals surface area contributed by atoms with Crippen LogP contribution in [0.4, 0.5) is 13.2 Å². The van der Waals surface area contributed by atoms with Gasteiger partial charge in [0.25, 0.3) is 0 Å². The third kappa shape index (κ3) is 5.81. The molecule has 3 rings (SSSR count). The van der Waals surface area contributed by atoms with Crippen LogP contribution < -0.4 is 24.3 Å². The lowest BCUT2D eigenvalue weighted by atomic mass is 10.1. The van der Waals surface area contributed by atoms with Gasteiger partial charge in [-0.05, 0) is 41.5 Å². The maximum absolute atomic E-state index is 12.2. The lowest BCUT2D eigenvalue weighted by molar-refractivity contribution is -0.274. The van der Waals surface area contributed by atoms with E-state index in [1.165, 1.54) is 37.5 Å². The van der Waals surface area contributed by atoms with Gasteiger partial charge in [-0.1, -0.05) is 12.1 Å². The van der Waals surface area contributed by atoms with Gasteiger partial charge in [0.15, 0.2) is 11.5 Å². The Morgan fingerprint density at radius 3 is 2.59 bits per heavy atom. The summed E-state index contributed by atoms with van der Waals surface area (Å²) in [5, 5.41) is 2.65. The molecule has 1 N–H and O–H groups in total. The molecule has 2 aromatic rings. The maximum Gasteiger partial charge on any atom is 0.573 e. The largest absolute Gasteiger partial charge is 0.573 e. The molecule has 29 heavy (non-hydrogen) atoms. The van der Waals surface area contributed by atoms with Crippen molar-refractivity contribution in [3.8, 4) is 23.0 Å². The quantitative estimate of drug-likeness (QED) is 0.738. The molecule has 1 aliphatic heterocycles. The Balaban J connectivity index is 1.57. The van der Waals surface area contributed by atoms with Crippen molar-refractivity contribution in [1.29, 1.82) is 0 Å². The number of nitrogens with one attached hydrogen (secondary N) is 1. The number of methoxy groups -OCH3 is 1. The van der Waals surface area contributed by atoms with Crippen LogP contribution in [-0.4, -0.2) is 32.6 Å². The minimum Gasteiger partial charge on any atom is -0.493 e. The van der Waals surface area contributed by atoms with Crippen molar-refractivity contribution < 1.29 is 36.9 Å². The van der Waals surface area contributed by atoms with E-state index in [1.807, 2.05) is 0 Å². The molecule has 6 nitrogen and oxygen atoms in total. The average molecular weight is 409 g/mol. The first-order valence-corrected chi connectivity index (χ1v) is 8.62. The Morgan fingerprint density at radius 1 is 1.17 bits per heavy atom. The molecule has 0 bridgehead atoms. The van der Waals surface area contributed by atoms with Crippen LogP contribution in [0.3, 0.4) is 0 Å². The molecule has 9 heteroatoms. The van der Waals surface area contributed by atoms with Gasteiger partial charge in [0.05, 0.1) is 7.11 Å². The predicted molar refractivity (Wildman–Crippen MR) is 98.0 cm³/mol. The fourth-order valence-corrected chi connectivity index (χ4v) is 2.62. The molecule has 0 fully saturated rings. The van der Waals surface area contributed by atoms with Crippen molar-refractivity contribution in [2.45, 2.75) is 12.9 Å². The fourth-order valence-electron chi connectivity index (χ4n) is 2.62. The van der Waals surface area contributed by atoms with Crippen molar-refractivity contribution in [2.24, 2.45) is 0 Å². The standard InChI is InChI=1S/C20H18F3NO5/c1-26-16-10-14(11-17-19(16)28-9-8-27-17)4-7-18(25)24-12-13-2-5-15(6-3-13)29-20(21,22)23/h2-7,10-11H,8-9,12H2,1H3,(H,24,25)/b7-4+. The molecule has 0 atom stereocenters. The highest BCUT2D eigenvalue weighted by Crippen LogP contribution is 2.40. The Kier molecular flexibility index (Phi) is 6.16. The summed E-state index contributed by atoms with van der Waals surface area (Å²) in [4.78, 5) is 12.0. The summed E-state index contributed by atoms with van der Waals surface area (Å²) < 4.78 is 56.6. The van der Waals surface area contributed by atoms with E-state index in [4.69, 9.17) is 14.2 Å². The molecular formula is C20H18F3NO5. The van der Waals surface area contributed by atoms with Crippen LogP contribution in [0, 0.1) is 0 Å². The Hall–Kier alpha value is -3.36. The highest BCUT2D eigenvalue weighted by Gasteiger charge is 2.30. The lowest BCUT2D eigenvalue weighted by Crippen LogP contribution is -2.20. The fraction of sp³-hybridized carbons (Fsp3) is 0.250. The predicted octanol–water partition coefficient (Wildman–Crippen LogP) is 3.69. The molecule has 1 amide bonds. The van der Waals surface area contributed by atoms with Gasteiger partial charge in [-0.2, -0.15) is 0 Å². The second-order valence-electron chi connectivity index (χ2n) is 5.99. The Bertz CT molecular complexity index is 877. The lowest BCUT2D eigenvalue weighted by Gasteiger charge is -2.20. The molecule has 154 valence electrons. The second kappa shape index (κ2) is 8.76. The van der Waals surface area contributed by atoms with Crippen molar-refractivity contribution >= 4 is 12.0 Å². The van der Waals surface area contributed by atoms with Gasteiger partial charge in [0, 0.05) is 12.6 Å². The number of carbonyl (C=O) groups is 1. The van der Waals surface area contributed by atoms with Gasteiger partial charge >= 0.3 is 6.36 Å². The van der Waals surface area contributed by atoms with Crippen LogP contribution in [0.15, 0.2) is 42.5 Å². The molecule has 0 spiro atoms. The summed E-state index contributed by atoms with van der Waals surface area (Å²) >= 11 is 0. The highest BCUT2D eigenvalue weighted by molar-refractivity contribution is 5.91. The van der Waals surface area contributed by atoms with Crippen LogP contribution in [0.1, 0.15) is 11.1 Å². The van der Waals surface area contributed by atoms with E-state index in [2.05, 4.69) is 10.1 Å². The normalized spacial score (nSPS) is 13.2. The number of carbonyl (C=O) groups excluding carboxylic acids is 1. The van der Waals surface area contributed by atoms with Gasteiger partial charge in [-0.25, -0.2) is 0 Å². The maximum atomic E-state index is 12.2. The molecule has 0 unspecified atom stereocenters. The van der Waals surface area contributed by atoms with Crippen LogP contribution in [0.5, 0.6) is 23.0 Å². The van der Waals surface area contributed by atoms with E-state index in [0.717, 1.165) is 0 Å². The van der Waals surface area contributed by atoms with E-state index in [-0.39, 0.29) is 18.2 Å². The molecule has 0 aliphatic carbocycles. The monoisotopic (exact) mass is 409 g/mol. The highest BCUT2D eigenvalue weighted by atomic mass is 19.4. The number of rotatable bonds is 6. The van der Waals surface area contributed by atoms with Crippen LogP contribution >= 0.6 is 0 Å². The summed E-state index contributed by atoms with van der Waals surface area (Å²) in [6.07, 6.45) is -1.81. The molecule has 2 aromatic carbocycles. The molecule has 1 aliphatic rings. The topological polar surface area (TPSA) is 66.0 Å². The van der Waals surface area contributed by atoms with Crippen molar-refractivity contribution in [3.63, 3.8) is 0 Å². The first kappa shape index (κ1) is 20.4. The van der Waals surface area contributed by atoms with E-state index < -0.39 is 6.36 Å². The zero-order valence-electron chi connectivity index (χ0n) is 15.4. The zero-order chi connectivity index (χ0) is 20.9. The molecule has 0 saturated carbocycles. The number of amides is 1. The molecule has 0 aromatic heterocycles. The smallest absolute Gasteiger partial charge is 0.493 e. The molecule has 0 saturated heterocycles. The SMILES string of the molecule is COc1cc(/C=C/C(=O)NCc2ccc(OC(F)(F)F)cc2)cc2c1OCCO2. The molecule has 0 radical (unpaired) electrons. The first-order chi connectivity index (χ1) is 13.8. The third-order valence-corrected chi connectivity index (χ3v) is 3.90. The Labute approximate surface area is 164 Å². The van der Waals surface area contributed by atoms with Crippen LogP contribution in [-0.2, 0) is 11.3 Å². The average Bonchev–Trinajstić information content (AvgIpc) is 2.70. The van der Waals surface area contributed by atoms with Crippen LogP contribution in [0.2, 0.25) is 0 Å². The summed E-state index contributed by atoms with van der Waals surface area (Å²) in [6.45, 7) is 1.01. The van der Waals surface area contributed by atoms with Crippen molar-refractivity contribution in [3.05, 3.63) is 53.6 Å². The number of hydrogen-bond donors (Lipinski definition) is 1. The number of ether oxygens (including phenoxy) is 4. The van der Waals surface area contributed by atoms with Gasteiger partial charge in [-0.3, -0.25) is 4.79 Å². The number of hydrogen-bond acceptors (Lipinski definition) is 5. The molecular weight excluding hydrogens is 391 g/mol. The summed E-state index contributed by atoms with van der Waals surface area (Å²) in [5.41, 5.74) is 1.32. The van der Waals surface area contributed by atoms with Crippen LogP contribution in [0.25, 0.3) is 6.08 Å². The first-order valence-electron chi connectivity index (χ1n) is 8.62. The summed E-state index contributed by atoms with van der Waals surface area (Å²) in [7, 11) is 1.51. The van der Waals surface area contributed by atoms with Crippen molar-refractivity contribution in [1.82, 2.24) is 5.32 Å². The third-order valence-electron chi connectivity index (χ3n) is 3.90. The van der Waals surface area contributed by atoms with E-state index in [1.54, 1.807) is 18.2 Å². The number of halogens is 3. The van der Waals surface area contributed by atoms with Crippen molar-refractivity contribution in [2.75, 3.05) is 20.3 Å². The van der Waals surface area contributed by atoms with Gasteiger partial charge < -0.3 is 24.3 Å².